The quantitative estimate of drug-likeness (QED) is 0.761. The standard InChI is InChI=1S/C12H11Si.C5H11.ClH.Mg/c1-3-7-11(8-4-1)13-12-9-5-2-6-10-12;1-5(2,3)4;;/h1-10,13H;1H2,2-4H3;1H;. The van der Waals surface area contributed by atoms with Gasteiger partial charge in [0.05, 0.1) is 0 Å². The van der Waals surface area contributed by atoms with E-state index in [4.69, 9.17) is 0 Å². The molecule has 2 aromatic rings. The SMILES string of the molecule is CC(C)(C)[CH2][Mg][SiH](c1ccccc1)c1ccccc1.Cl. The Hall–Kier alpha value is -0.287. The van der Waals surface area contributed by atoms with Crippen LogP contribution < -0.4 is 10.4 Å². The van der Waals surface area contributed by atoms with E-state index >= 15 is 0 Å². The molecule has 0 amide bonds. The lowest BCUT2D eigenvalue weighted by atomic mass is 10.0. The van der Waals surface area contributed by atoms with Crippen LogP contribution in [-0.4, -0.2) is 26.0 Å². The van der Waals surface area contributed by atoms with E-state index in [0.29, 0.717) is 5.41 Å². The third-order valence-electron chi connectivity index (χ3n) is 3.59. The van der Waals surface area contributed by atoms with Crippen molar-refractivity contribution in [3.8, 4) is 0 Å². The molecule has 0 saturated carbocycles. The Morgan fingerprint density at radius 2 is 1.20 bits per heavy atom. The molecule has 0 nitrogen and oxygen atoms in total. The summed E-state index contributed by atoms with van der Waals surface area (Å²) in [5.74, 6) is 0. The molecule has 0 aromatic heterocycles. The van der Waals surface area contributed by atoms with Gasteiger partial charge in [-0.1, -0.05) is 97.2 Å². The highest BCUT2D eigenvalue weighted by atomic mass is 35.5. The molecule has 0 saturated heterocycles. The summed E-state index contributed by atoms with van der Waals surface area (Å²) in [5, 5.41) is 3.26. The summed E-state index contributed by atoms with van der Waals surface area (Å²) >= 11 is -0.0366. The lowest BCUT2D eigenvalue weighted by molar-refractivity contribution is 0.468. The first-order chi connectivity index (χ1) is 9.06. The largest absolute Gasteiger partial charge is 0.374 e. The summed E-state index contributed by atoms with van der Waals surface area (Å²) in [6.07, 6.45) is -0.911. The smallest absolute Gasteiger partial charge is 0.147 e. The average molecular weight is 315 g/mol. The first-order valence-electron chi connectivity index (χ1n) is 7.16. The zero-order chi connectivity index (χ0) is 13.7. The maximum atomic E-state index is 2.38. The molecule has 0 spiro atoms. The van der Waals surface area contributed by atoms with Crippen molar-refractivity contribution in [1.29, 1.82) is 0 Å². The Kier molecular flexibility index (Phi) is 7.31. The van der Waals surface area contributed by atoms with Gasteiger partial charge in [0, 0.05) is 0 Å². The maximum Gasteiger partial charge on any atom is 0.374 e. The number of rotatable bonds is 4. The molecule has 3 heteroatoms. The number of hydrogen-bond donors (Lipinski definition) is 0. The van der Waals surface area contributed by atoms with Crippen LogP contribution >= 0.6 is 12.4 Å². The van der Waals surface area contributed by atoms with Crippen molar-refractivity contribution >= 4 is 48.8 Å². The zero-order valence-corrected chi connectivity index (χ0v) is 16.1. The van der Waals surface area contributed by atoms with Crippen LogP contribution in [0.5, 0.6) is 0 Å². The fraction of sp³-hybridized carbons (Fsp3) is 0.294. The highest BCUT2D eigenvalue weighted by Gasteiger charge is 2.21. The molecule has 20 heavy (non-hydrogen) atoms. The molecular weight excluding hydrogens is 292 g/mol. The van der Waals surface area contributed by atoms with Gasteiger partial charge in [0.2, 0.25) is 0 Å². The first-order valence-corrected chi connectivity index (χ1v) is 12.6. The van der Waals surface area contributed by atoms with Gasteiger partial charge < -0.3 is 0 Å². The molecule has 0 fully saturated rings. The van der Waals surface area contributed by atoms with E-state index in [9.17, 15) is 0 Å². The molecule has 2 aromatic carbocycles. The number of halogens is 1. The van der Waals surface area contributed by atoms with Crippen molar-refractivity contribution in [3.05, 3.63) is 60.7 Å². The molecule has 104 valence electrons. The van der Waals surface area contributed by atoms with Gasteiger partial charge in [0.25, 0.3) is 0 Å². The van der Waals surface area contributed by atoms with Gasteiger partial charge in [0.1, 0.15) is 0 Å². The van der Waals surface area contributed by atoms with E-state index in [-0.39, 0.29) is 32.0 Å². The van der Waals surface area contributed by atoms with Crippen molar-refractivity contribution in [2.75, 3.05) is 0 Å². The number of hydrogen-bond acceptors (Lipinski definition) is 0. The topological polar surface area (TPSA) is 0 Å². The predicted molar refractivity (Wildman–Crippen MR) is 96.6 cm³/mol. The molecule has 0 aliphatic carbocycles. The Balaban J connectivity index is 0.00000200. The number of benzene rings is 2. The zero-order valence-electron chi connectivity index (χ0n) is 12.7. The maximum absolute atomic E-state index is 2.38. The molecular formula is C17H23ClMgSi. The minimum atomic E-state index is -0.911. The second kappa shape index (κ2) is 8.23. The van der Waals surface area contributed by atoms with Crippen LogP contribution in [-0.2, 0) is 0 Å². The van der Waals surface area contributed by atoms with Gasteiger partial charge in [0.15, 0.2) is 0 Å². The first kappa shape index (κ1) is 17.8. The molecule has 0 aliphatic heterocycles. The van der Waals surface area contributed by atoms with E-state index in [0.717, 1.165) is 0 Å². The highest BCUT2D eigenvalue weighted by Crippen LogP contribution is 2.18. The summed E-state index contributed by atoms with van der Waals surface area (Å²) in [7, 11) is 0. The summed E-state index contributed by atoms with van der Waals surface area (Å²) < 4.78 is 1.44. The van der Waals surface area contributed by atoms with Gasteiger partial charge in [-0.3, -0.25) is 0 Å². The molecule has 0 bridgehead atoms. The van der Waals surface area contributed by atoms with Gasteiger partial charge in [-0.05, 0) is 6.45 Å². The van der Waals surface area contributed by atoms with Crippen molar-refractivity contribution in [2.45, 2.75) is 25.3 Å². The molecule has 0 atom stereocenters. The normalized spacial score (nSPS) is 10.8. The van der Waals surface area contributed by atoms with E-state index < -0.39 is 6.45 Å². The third kappa shape index (κ3) is 5.60. The minimum Gasteiger partial charge on any atom is -0.147 e. The van der Waals surface area contributed by atoms with Crippen LogP contribution in [0, 0.1) is 5.41 Å². The van der Waals surface area contributed by atoms with E-state index in [2.05, 4.69) is 81.4 Å². The van der Waals surface area contributed by atoms with Crippen LogP contribution in [0.2, 0.25) is 4.55 Å². The van der Waals surface area contributed by atoms with E-state index in [1.807, 2.05) is 0 Å². The Bertz CT molecular complexity index is 454. The van der Waals surface area contributed by atoms with Crippen molar-refractivity contribution in [3.63, 3.8) is 0 Å². The Morgan fingerprint density at radius 3 is 1.55 bits per heavy atom. The summed E-state index contributed by atoms with van der Waals surface area (Å²) in [6, 6.07) is 22.4. The van der Waals surface area contributed by atoms with Crippen LogP contribution in [0.25, 0.3) is 0 Å². The Labute approximate surface area is 139 Å². The minimum absolute atomic E-state index is 0. The molecule has 0 aliphatic rings. The molecule has 0 radical (unpaired) electrons. The van der Waals surface area contributed by atoms with Crippen LogP contribution in [0.1, 0.15) is 20.8 Å². The Morgan fingerprint density at radius 1 is 0.800 bits per heavy atom. The molecule has 2 rings (SSSR count). The van der Waals surface area contributed by atoms with Gasteiger partial charge in [-0.25, -0.2) is 0 Å². The molecule has 0 unspecified atom stereocenters. The second-order valence-corrected chi connectivity index (χ2v) is 14.2. The van der Waals surface area contributed by atoms with Gasteiger partial charge in [-0.15, -0.1) is 17.0 Å². The van der Waals surface area contributed by atoms with Crippen molar-refractivity contribution < 1.29 is 0 Å². The third-order valence-corrected chi connectivity index (χ3v) is 13.8. The van der Waals surface area contributed by atoms with E-state index in [1.165, 1.54) is 4.55 Å². The van der Waals surface area contributed by atoms with Crippen molar-refractivity contribution in [1.82, 2.24) is 0 Å². The van der Waals surface area contributed by atoms with Gasteiger partial charge in [-0.2, -0.15) is 0 Å². The predicted octanol–water partition coefficient (Wildman–Crippen LogP) is 3.12. The average Bonchev–Trinajstić information content (AvgIpc) is 2.40. The summed E-state index contributed by atoms with van der Waals surface area (Å²) in [4.78, 5) is 0. The highest BCUT2D eigenvalue weighted by molar-refractivity contribution is 7.25. The second-order valence-electron chi connectivity index (χ2n) is 6.47. The van der Waals surface area contributed by atoms with E-state index in [1.54, 1.807) is 10.4 Å². The monoisotopic (exact) mass is 314 g/mol. The van der Waals surface area contributed by atoms with Crippen molar-refractivity contribution in [2.24, 2.45) is 5.41 Å². The van der Waals surface area contributed by atoms with Crippen LogP contribution in [0.15, 0.2) is 60.7 Å². The molecule has 0 N–H and O–H groups in total. The fourth-order valence-corrected chi connectivity index (χ4v) is 13.2. The summed E-state index contributed by atoms with van der Waals surface area (Å²) in [5.41, 5.74) is 0.487. The molecule has 0 heterocycles. The van der Waals surface area contributed by atoms with Gasteiger partial charge >= 0.3 is 19.6 Å². The summed E-state index contributed by atoms with van der Waals surface area (Å²) in [6.45, 7) is 7.13. The lowest BCUT2D eigenvalue weighted by Gasteiger charge is -2.22. The lowest BCUT2D eigenvalue weighted by Crippen LogP contribution is -2.48. The fourth-order valence-electron chi connectivity index (χ4n) is 2.47. The van der Waals surface area contributed by atoms with Crippen LogP contribution in [0.3, 0.4) is 0 Å². The van der Waals surface area contributed by atoms with Crippen LogP contribution in [0.4, 0.5) is 0 Å².